The van der Waals surface area contributed by atoms with Gasteiger partial charge in [-0.15, -0.1) is 0 Å². The van der Waals surface area contributed by atoms with Crippen molar-refractivity contribution in [2.75, 3.05) is 14.1 Å². The second-order valence-electron chi connectivity index (χ2n) is 6.40. The van der Waals surface area contributed by atoms with Gasteiger partial charge in [-0.25, -0.2) is 0 Å². The van der Waals surface area contributed by atoms with Gasteiger partial charge in [-0.2, -0.15) is 0 Å². The van der Waals surface area contributed by atoms with Crippen LogP contribution in [0.1, 0.15) is 13.3 Å². The van der Waals surface area contributed by atoms with Gasteiger partial charge in [-0.1, -0.05) is 0 Å². The molecule has 5 N–H and O–H groups in total. The Bertz CT molecular complexity index is 478. The van der Waals surface area contributed by atoms with Crippen molar-refractivity contribution in [3.8, 4) is 0 Å². The molecule has 0 unspecified atom stereocenters. The summed E-state index contributed by atoms with van der Waals surface area (Å²) in [6, 6.07) is -1.29. The minimum Gasteiger partial charge on any atom is -0.390 e. The summed E-state index contributed by atoms with van der Waals surface area (Å²) in [5, 5.41) is 37.2. The number of aliphatic hydroxyl groups is 3. The number of ketones is 1. The largest absolute Gasteiger partial charge is 0.390 e. The molecular formula is C14H24N2O7. The minimum atomic E-state index is -2.23. The van der Waals surface area contributed by atoms with Crippen LogP contribution in [-0.4, -0.2) is 89.9 Å². The lowest BCUT2D eigenvalue weighted by Crippen LogP contribution is -2.77. The summed E-state index contributed by atoms with van der Waals surface area (Å²) in [5.74, 6) is -2.76. The number of carbonyl (C=O) groups is 1. The van der Waals surface area contributed by atoms with Gasteiger partial charge in [0, 0.05) is 6.42 Å². The van der Waals surface area contributed by atoms with Crippen LogP contribution in [0, 0.1) is 0 Å². The first kappa shape index (κ1) is 17.2. The van der Waals surface area contributed by atoms with Gasteiger partial charge in [0.15, 0.2) is 5.78 Å². The van der Waals surface area contributed by atoms with Crippen molar-refractivity contribution >= 4 is 5.78 Å². The predicted octanol–water partition coefficient (Wildman–Crippen LogP) is -2.93. The molecule has 0 amide bonds. The number of hydrogen-bond donors (Lipinski definition) is 5. The molecule has 9 nitrogen and oxygen atoms in total. The molecule has 1 saturated carbocycles. The van der Waals surface area contributed by atoms with E-state index in [0.29, 0.717) is 0 Å². The van der Waals surface area contributed by atoms with Crippen LogP contribution in [0.25, 0.3) is 0 Å². The Labute approximate surface area is 133 Å². The number of rotatable bonds is 2. The molecule has 0 aromatic rings. The maximum atomic E-state index is 12.2. The molecule has 9 heteroatoms. The summed E-state index contributed by atoms with van der Waals surface area (Å²) in [5.41, 5.74) is 0. The van der Waals surface area contributed by atoms with E-state index in [0.717, 1.165) is 0 Å². The summed E-state index contributed by atoms with van der Waals surface area (Å²) in [6.45, 7) is 1.70. The molecule has 23 heavy (non-hydrogen) atoms. The van der Waals surface area contributed by atoms with Gasteiger partial charge in [0.25, 0.3) is 5.79 Å². The number of ether oxygens (including phenoxy) is 3. The second kappa shape index (κ2) is 6.01. The molecule has 132 valence electrons. The fraction of sp³-hybridized carbons (Fsp3) is 0.929. The highest BCUT2D eigenvalue weighted by Gasteiger charge is 2.63. The summed E-state index contributed by atoms with van der Waals surface area (Å²) < 4.78 is 16.8. The highest BCUT2D eigenvalue weighted by molar-refractivity contribution is 5.87. The number of aliphatic hydroxyl groups excluding tert-OH is 2. The third kappa shape index (κ3) is 2.52. The van der Waals surface area contributed by atoms with Crippen molar-refractivity contribution in [1.82, 2.24) is 10.6 Å². The molecule has 9 atom stereocenters. The first-order valence-electron chi connectivity index (χ1n) is 7.78. The zero-order valence-corrected chi connectivity index (χ0v) is 13.3. The van der Waals surface area contributed by atoms with Gasteiger partial charge in [0.2, 0.25) is 6.29 Å². The van der Waals surface area contributed by atoms with Crippen molar-refractivity contribution in [2.24, 2.45) is 0 Å². The molecule has 1 aliphatic carbocycles. The molecule has 3 aliphatic rings. The number of fused-ring (bicyclic) bond motifs is 2. The minimum absolute atomic E-state index is 0.00220. The van der Waals surface area contributed by atoms with Crippen LogP contribution in [0.3, 0.4) is 0 Å². The molecular weight excluding hydrogens is 308 g/mol. The topological polar surface area (TPSA) is 130 Å². The molecule has 3 fully saturated rings. The lowest BCUT2D eigenvalue weighted by Gasteiger charge is -2.55. The quantitative estimate of drug-likeness (QED) is 0.361. The van der Waals surface area contributed by atoms with Gasteiger partial charge in [-0.05, 0) is 21.0 Å². The number of Topliss-reactive ketones (excluding diaryl/α,β-unsaturated/α-hetero) is 1. The van der Waals surface area contributed by atoms with Crippen molar-refractivity contribution in [2.45, 2.75) is 68.0 Å². The van der Waals surface area contributed by atoms with E-state index in [1.165, 1.54) is 0 Å². The second-order valence-corrected chi connectivity index (χ2v) is 6.40. The fourth-order valence-corrected chi connectivity index (χ4v) is 3.68. The average Bonchev–Trinajstić information content (AvgIpc) is 2.49. The number of likely N-dealkylation sites (N-methyl/N-ethyl adjacent to an activating group) is 2. The average molecular weight is 332 g/mol. The summed E-state index contributed by atoms with van der Waals surface area (Å²) >= 11 is 0. The van der Waals surface area contributed by atoms with E-state index in [9.17, 15) is 20.1 Å². The maximum Gasteiger partial charge on any atom is 0.280 e. The van der Waals surface area contributed by atoms with E-state index in [1.54, 1.807) is 21.0 Å². The van der Waals surface area contributed by atoms with E-state index >= 15 is 0 Å². The first-order chi connectivity index (χ1) is 10.8. The van der Waals surface area contributed by atoms with E-state index < -0.39 is 60.5 Å². The highest BCUT2D eigenvalue weighted by atomic mass is 16.8. The SMILES string of the molecule is CN[C@H]1[C@@H](O)[C@H]2O[C@@H]3O[C@@H](C)CC(=O)[C@@]3(O)O[C@H]2[C@@H](NC)[C@H]1O. The number of carbonyl (C=O) groups excluding carboxylic acids is 1. The Morgan fingerprint density at radius 1 is 1.09 bits per heavy atom. The summed E-state index contributed by atoms with van der Waals surface area (Å²) in [6.07, 6.45) is -5.58. The van der Waals surface area contributed by atoms with Crippen LogP contribution >= 0.6 is 0 Å². The molecule has 0 bridgehead atoms. The Morgan fingerprint density at radius 2 is 1.74 bits per heavy atom. The molecule has 3 rings (SSSR count). The van der Waals surface area contributed by atoms with Gasteiger partial charge in [-0.3, -0.25) is 4.79 Å². The Kier molecular flexibility index (Phi) is 4.49. The van der Waals surface area contributed by atoms with Crippen molar-refractivity contribution < 1.29 is 34.3 Å². The fourth-order valence-electron chi connectivity index (χ4n) is 3.68. The van der Waals surface area contributed by atoms with E-state index in [4.69, 9.17) is 14.2 Å². The summed E-state index contributed by atoms with van der Waals surface area (Å²) in [4.78, 5) is 12.2. The summed E-state index contributed by atoms with van der Waals surface area (Å²) in [7, 11) is 3.24. The standard InChI is InChI=1S/C14H24N2O7/c1-5-4-6(17)14(20)13(21-5)22-12-10(19)7(15-2)9(18)8(16-3)11(12)23-14/h5,7-13,15-16,18-20H,4H2,1-3H3/t5-,7+,8-,9-,10+,11-,12+,13-,14+/m0/s1. The highest BCUT2D eigenvalue weighted by Crippen LogP contribution is 2.40. The molecule has 0 aromatic heterocycles. The lowest BCUT2D eigenvalue weighted by atomic mass is 9.80. The van der Waals surface area contributed by atoms with Crippen LogP contribution < -0.4 is 10.6 Å². The molecule has 2 heterocycles. The normalized spacial score (nSPS) is 53.6. The zero-order chi connectivity index (χ0) is 16.9. The predicted molar refractivity (Wildman–Crippen MR) is 76.4 cm³/mol. The van der Waals surface area contributed by atoms with Crippen LogP contribution in [0.2, 0.25) is 0 Å². The van der Waals surface area contributed by atoms with Crippen molar-refractivity contribution in [1.29, 1.82) is 0 Å². The lowest BCUT2D eigenvalue weighted by molar-refractivity contribution is -0.420. The molecule has 0 radical (unpaired) electrons. The van der Waals surface area contributed by atoms with Gasteiger partial charge < -0.3 is 40.2 Å². The molecule has 2 aliphatic heterocycles. The Hall–Kier alpha value is -0.650. The first-order valence-corrected chi connectivity index (χ1v) is 7.78. The Balaban J connectivity index is 1.92. The third-order valence-corrected chi connectivity index (χ3v) is 4.93. The van der Waals surface area contributed by atoms with Crippen LogP contribution in [0.4, 0.5) is 0 Å². The maximum absolute atomic E-state index is 12.2. The van der Waals surface area contributed by atoms with Gasteiger partial charge in [0.1, 0.15) is 18.3 Å². The monoisotopic (exact) mass is 332 g/mol. The smallest absolute Gasteiger partial charge is 0.280 e. The van der Waals surface area contributed by atoms with E-state index in [1.807, 2.05) is 0 Å². The number of hydrogen-bond acceptors (Lipinski definition) is 9. The van der Waals surface area contributed by atoms with Crippen molar-refractivity contribution in [3.63, 3.8) is 0 Å². The van der Waals surface area contributed by atoms with Crippen molar-refractivity contribution in [3.05, 3.63) is 0 Å². The van der Waals surface area contributed by atoms with Gasteiger partial charge in [0.05, 0.1) is 24.3 Å². The molecule has 0 spiro atoms. The Morgan fingerprint density at radius 3 is 2.35 bits per heavy atom. The van der Waals surface area contributed by atoms with E-state index in [-0.39, 0.29) is 6.42 Å². The molecule has 2 saturated heterocycles. The van der Waals surface area contributed by atoms with E-state index in [2.05, 4.69) is 10.6 Å². The van der Waals surface area contributed by atoms with Gasteiger partial charge >= 0.3 is 0 Å². The van der Waals surface area contributed by atoms with Crippen LogP contribution in [0.15, 0.2) is 0 Å². The zero-order valence-electron chi connectivity index (χ0n) is 13.3. The molecule has 0 aromatic carbocycles. The van der Waals surface area contributed by atoms with Crippen LogP contribution in [0.5, 0.6) is 0 Å². The third-order valence-electron chi connectivity index (χ3n) is 4.93. The van der Waals surface area contributed by atoms with Crippen LogP contribution in [-0.2, 0) is 19.0 Å². The number of nitrogens with one attached hydrogen (secondary N) is 2.